The van der Waals surface area contributed by atoms with Crippen molar-refractivity contribution in [2.45, 2.75) is 45.4 Å². The van der Waals surface area contributed by atoms with Crippen LogP contribution in [0.2, 0.25) is 0 Å². The molecule has 0 spiro atoms. The van der Waals surface area contributed by atoms with E-state index in [4.69, 9.17) is 4.98 Å². The minimum Gasteiger partial charge on any atom is -0.378 e. The highest BCUT2D eigenvalue weighted by Crippen LogP contribution is 2.34. The number of hydrogen-bond donors (Lipinski definition) is 3. The van der Waals surface area contributed by atoms with Crippen LogP contribution in [0.15, 0.2) is 48.5 Å². The molecule has 0 radical (unpaired) electrons. The van der Waals surface area contributed by atoms with Crippen LogP contribution in [-0.2, 0) is 17.8 Å². The molecule has 2 amide bonds. The molecule has 0 aliphatic carbocycles. The first kappa shape index (κ1) is 25.0. The van der Waals surface area contributed by atoms with Gasteiger partial charge in [0.1, 0.15) is 22.9 Å². The Labute approximate surface area is 207 Å². The van der Waals surface area contributed by atoms with Crippen LogP contribution in [0.3, 0.4) is 0 Å². The molecule has 3 N–H and O–H groups in total. The van der Waals surface area contributed by atoms with Crippen LogP contribution >= 0.6 is 0 Å². The van der Waals surface area contributed by atoms with E-state index in [-0.39, 0.29) is 18.2 Å². The van der Waals surface area contributed by atoms with E-state index < -0.39 is 23.3 Å². The summed E-state index contributed by atoms with van der Waals surface area (Å²) in [6, 6.07) is 11.3. The average Bonchev–Trinajstić information content (AvgIpc) is 3.17. The second-order valence-electron chi connectivity index (χ2n) is 9.19. The fourth-order valence-electron chi connectivity index (χ4n) is 4.19. The summed E-state index contributed by atoms with van der Waals surface area (Å²) in [5, 5.41) is 15.7. The van der Waals surface area contributed by atoms with Gasteiger partial charge in [0.2, 0.25) is 5.91 Å². The van der Waals surface area contributed by atoms with Crippen molar-refractivity contribution >= 4 is 11.8 Å². The molecule has 0 saturated carbocycles. The number of halogens is 2. The predicted molar refractivity (Wildman–Crippen MR) is 131 cm³/mol. The van der Waals surface area contributed by atoms with Crippen LogP contribution in [0, 0.1) is 23.5 Å². The summed E-state index contributed by atoms with van der Waals surface area (Å²) in [5.74, 6) is 3.58. The minimum absolute atomic E-state index is 0.0584. The van der Waals surface area contributed by atoms with Gasteiger partial charge < -0.3 is 15.7 Å². The summed E-state index contributed by atoms with van der Waals surface area (Å²) in [6.07, 6.45) is 0.0584. The third-order valence-electron chi connectivity index (χ3n) is 5.63. The molecule has 1 atom stereocenters. The number of pyridine rings is 1. The second kappa shape index (κ2) is 9.88. The molecule has 2 heterocycles. The number of fused-ring (bicyclic) bond motifs is 1. The van der Waals surface area contributed by atoms with Gasteiger partial charge in [0.05, 0.1) is 11.7 Å². The number of aliphatic hydroxyl groups is 1. The highest BCUT2D eigenvalue weighted by Gasteiger charge is 2.26. The van der Waals surface area contributed by atoms with Gasteiger partial charge in [-0.3, -0.25) is 9.59 Å². The molecule has 8 heteroatoms. The van der Waals surface area contributed by atoms with Crippen LogP contribution in [-0.4, -0.2) is 27.5 Å². The number of rotatable bonds is 5. The van der Waals surface area contributed by atoms with E-state index in [1.54, 1.807) is 38.1 Å². The molecule has 1 aromatic heterocycles. The molecule has 0 saturated heterocycles. The van der Waals surface area contributed by atoms with E-state index in [1.165, 1.54) is 19.1 Å². The Kier molecular flexibility index (Phi) is 6.86. The summed E-state index contributed by atoms with van der Waals surface area (Å²) < 4.78 is 27.9. The normalized spacial score (nSPS) is 13.3. The van der Waals surface area contributed by atoms with Gasteiger partial charge in [-0.05, 0) is 73.2 Å². The third kappa shape index (κ3) is 5.75. The maximum Gasteiger partial charge on any atom is 0.251 e. The first-order valence-electron chi connectivity index (χ1n) is 11.4. The van der Waals surface area contributed by atoms with E-state index in [9.17, 15) is 23.5 Å². The lowest BCUT2D eigenvalue weighted by Gasteiger charge is -2.22. The van der Waals surface area contributed by atoms with Crippen LogP contribution in [0.25, 0.3) is 11.1 Å². The average molecular weight is 490 g/mol. The molecule has 4 rings (SSSR count). The van der Waals surface area contributed by atoms with Gasteiger partial charge in [-0.15, -0.1) is 0 Å². The van der Waals surface area contributed by atoms with Gasteiger partial charge in [0, 0.05) is 30.7 Å². The molecule has 184 valence electrons. The van der Waals surface area contributed by atoms with Gasteiger partial charge in [-0.2, -0.15) is 0 Å². The molecule has 1 aliphatic heterocycles. The summed E-state index contributed by atoms with van der Waals surface area (Å²) in [4.78, 5) is 29.1. The van der Waals surface area contributed by atoms with Crippen LogP contribution in [0.4, 0.5) is 8.78 Å². The Morgan fingerprint density at radius 2 is 1.83 bits per heavy atom. The number of carbonyl (C=O) groups excluding carboxylic acids is 2. The van der Waals surface area contributed by atoms with E-state index in [0.717, 1.165) is 17.2 Å². The highest BCUT2D eigenvalue weighted by molar-refractivity contribution is 6.00. The fraction of sp³-hybridized carbons (Fsp3) is 0.250. The van der Waals surface area contributed by atoms with Gasteiger partial charge in [0.15, 0.2) is 0 Å². The maximum atomic E-state index is 13.9. The summed E-state index contributed by atoms with van der Waals surface area (Å²) in [7, 11) is 0. The van der Waals surface area contributed by atoms with E-state index >= 15 is 0 Å². The molecule has 0 unspecified atom stereocenters. The van der Waals surface area contributed by atoms with E-state index in [1.807, 2.05) is 6.07 Å². The molecule has 0 fully saturated rings. The molecule has 36 heavy (non-hydrogen) atoms. The predicted octanol–water partition coefficient (Wildman–Crippen LogP) is 3.81. The zero-order valence-electron chi connectivity index (χ0n) is 20.1. The number of amides is 2. The van der Waals surface area contributed by atoms with Crippen molar-refractivity contribution < 1.29 is 23.5 Å². The zero-order valence-corrected chi connectivity index (χ0v) is 20.1. The lowest BCUT2D eigenvalue weighted by molar-refractivity contribution is -0.119. The summed E-state index contributed by atoms with van der Waals surface area (Å²) in [6.45, 7) is 4.78. The van der Waals surface area contributed by atoms with Gasteiger partial charge in [0.25, 0.3) is 5.91 Å². The number of benzene rings is 2. The number of aromatic nitrogens is 1. The smallest absolute Gasteiger partial charge is 0.251 e. The number of nitrogens with zero attached hydrogens (tertiary/aromatic N) is 1. The Hall–Kier alpha value is -4.09. The van der Waals surface area contributed by atoms with Gasteiger partial charge in [-0.25, -0.2) is 13.8 Å². The number of carbonyl (C=O) groups is 2. The highest BCUT2D eigenvalue weighted by atomic mass is 19.1. The van der Waals surface area contributed by atoms with Crippen molar-refractivity contribution in [3.63, 3.8) is 0 Å². The minimum atomic E-state index is -1.25. The number of nitrogens with one attached hydrogen (secondary N) is 2. The van der Waals surface area contributed by atoms with Crippen molar-refractivity contribution in [2.75, 3.05) is 0 Å². The summed E-state index contributed by atoms with van der Waals surface area (Å²) in [5.41, 5.74) is 2.59. The summed E-state index contributed by atoms with van der Waals surface area (Å²) >= 11 is 0. The van der Waals surface area contributed by atoms with Crippen LogP contribution < -0.4 is 10.6 Å². The third-order valence-corrected chi connectivity index (χ3v) is 5.63. The zero-order chi connectivity index (χ0) is 26.0. The Morgan fingerprint density at radius 1 is 1.14 bits per heavy atom. The van der Waals surface area contributed by atoms with E-state index in [0.29, 0.717) is 34.6 Å². The SMILES string of the molecule is CC(=O)N[C@@H](Cc1cc(F)cc(F)c1)c1nc(C#CC(C)(C)O)ccc1-c1cccc2c1CNC2=O. The Bertz CT molecular complexity index is 1400. The lowest BCUT2D eigenvalue weighted by atomic mass is 9.91. The van der Waals surface area contributed by atoms with Crippen LogP contribution in [0.5, 0.6) is 0 Å². The first-order chi connectivity index (χ1) is 17.0. The maximum absolute atomic E-state index is 13.9. The molecule has 0 bridgehead atoms. The number of hydrogen-bond acceptors (Lipinski definition) is 4. The fourth-order valence-corrected chi connectivity index (χ4v) is 4.19. The van der Waals surface area contributed by atoms with Gasteiger partial charge in [-0.1, -0.05) is 18.1 Å². The molecule has 6 nitrogen and oxygen atoms in total. The topological polar surface area (TPSA) is 91.3 Å². The Morgan fingerprint density at radius 3 is 2.50 bits per heavy atom. The van der Waals surface area contributed by atoms with Crippen molar-refractivity contribution in [3.05, 3.63) is 88.2 Å². The van der Waals surface area contributed by atoms with Crippen molar-refractivity contribution in [2.24, 2.45) is 0 Å². The second-order valence-corrected chi connectivity index (χ2v) is 9.19. The lowest BCUT2D eigenvalue weighted by Crippen LogP contribution is -2.29. The van der Waals surface area contributed by atoms with Crippen LogP contribution in [0.1, 0.15) is 59.7 Å². The Balaban J connectivity index is 1.90. The van der Waals surface area contributed by atoms with Gasteiger partial charge >= 0.3 is 0 Å². The monoisotopic (exact) mass is 489 g/mol. The van der Waals surface area contributed by atoms with Crippen molar-refractivity contribution in [3.8, 4) is 23.0 Å². The quantitative estimate of drug-likeness (QED) is 0.476. The largest absolute Gasteiger partial charge is 0.378 e. The standard InChI is InChI=1S/C28H25F2N3O3/c1-16(34)32-25(13-17-11-18(29)14-19(30)12-17)26-22(8-7-20(33-26)9-10-28(2,3)36)21-5-4-6-23-24(21)15-31-27(23)35/h4-8,11-12,14,25,36H,13,15H2,1-3H3,(H,31,35)(H,32,34)/t25-/m0/s1. The van der Waals surface area contributed by atoms with E-state index in [2.05, 4.69) is 22.5 Å². The first-order valence-corrected chi connectivity index (χ1v) is 11.4. The molecule has 1 aliphatic rings. The van der Waals surface area contributed by atoms with Crippen molar-refractivity contribution in [1.29, 1.82) is 0 Å². The molecular weight excluding hydrogens is 464 g/mol. The molecular formula is C28H25F2N3O3. The molecule has 2 aromatic carbocycles. The molecule has 3 aromatic rings. The van der Waals surface area contributed by atoms with Crippen molar-refractivity contribution in [1.82, 2.24) is 15.6 Å².